The Hall–Kier alpha value is -6.97. The van der Waals surface area contributed by atoms with Gasteiger partial charge in [-0.2, -0.15) is 0 Å². The molecule has 0 saturated heterocycles. The van der Waals surface area contributed by atoms with Crippen LogP contribution in [-0.4, -0.2) is 152 Å². The SMILES string of the molecule is CCC(C)C(NC(=O)C(CCC(=O)O)NC(=O)C(CCC(=O)O)NC(=O)C(CCC(=O)O)NC(=O)C(N)Cc1ccc(O)cc1)C(=O)NC(CCCNC(N)N)C(=O)NC(C(=O)NC(CC(C)C)C(=O)O)C(C)C. The molecule has 27 nitrogen and oxygen atoms in total. The molecule has 1 aromatic rings. The van der Waals surface area contributed by atoms with Crippen molar-refractivity contribution in [2.75, 3.05) is 6.54 Å². The quantitative estimate of drug-likeness (QED) is 0.0247. The number of carboxylic acids is 4. The Morgan fingerprint density at radius 1 is 0.514 bits per heavy atom. The van der Waals surface area contributed by atoms with Gasteiger partial charge >= 0.3 is 23.9 Å². The summed E-state index contributed by atoms with van der Waals surface area (Å²) in [6, 6.07) is -6.16. The lowest BCUT2D eigenvalue weighted by molar-refractivity contribution is -0.143. The highest BCUT2D eigenvalue weighted by Gasteiger charge is 2.37. The predicted molar refractivity (Wildman–Crippen MR) is 265 cm³/mol. The number of hydrogen-bond acceptors (Lipinski definition) is 16. The van der Waals surface area contributed by atoms with Crippen LogP contribution in [0.2, 0.25) is 0 Å². The largest absolute Gasteiger partial charge is 0.508 e. The molecule has 74 heavy (non-hydrogen) atoms. The zero-order chi connectivity index (χ0) is 56.4. The number of amides is 7. The van der Waals surface area contributed by atoms with Crippen molar-refractivity contribution < 1.29 is 78.3 Å². The molecule has 1 aromatic carbocycles. The number of carbonyl (C=O) groups is 11. The number of nitrogens with two attached hydrogens (primary N) is 3. The summed E-state index contributed by atoms with van der Waals surface area (Å²) in [7, 11) is 0. The molecule has 0 fully saturated rings. The van der Waals surface area contributed by atoms with E-state index < -0.39 is 170 Å². The Morgan fingerprint density at radius 3 is 1.31 bits per heavy atom. The number of phenols is 1. The van der Waals surface area contributed by atoms with Crippen molar-refractivity contribution >= 4 is 65.2 Å². The average molecular weight is 1050 g/mol. The Kier molecular flexibility index (Phi) is 29.0. The molecule has 0 aromatic heterocycles. The van der Waals surface area contributed by atoms with Gasteiger partial charge in [-0.05, 0) is 86.9 Å². The highest BCUT2D eigenvalue weighted by molar-refractivity contribution is 5.98. The van der Waals surface area contributed by atoms with Gasteiger partial charge in [0.1, 0.15) is 54.3 Å². The van der Waals surface area contributed by atoms with Crippen LogP contribution in [0.4, 0.5) is 0 Å². The summed E-state index contributed by atoms with van der Waals surface area (Å²) in [5, 5.41) is 67.7. The maximum absolute atomic E-state index is 14.2. The van der Waals surface area contributed by atoms with Gasteiger partial charge in [0.15, 0.2) is 0 Å². The Labute approximate surface area is 429 Å². The summed E-state index contributed by atoms with van der Waals surface area (Å²) in [4.78, 5) is 143. The number of benzene rings is 1. The Morgan fingerprint density at radius 2 is 0.905 bits per heavy atom. The van der Waals surface area contributed by atoms with E-state index >= 15 is 0 Å². The highest BCUT2D eigenvalue weighted by atomic mass is 16.4. The van der Waals surface area contributed by atoms with Gasteiger partial charge in [0.25, 0.3) is 0 Å². The van der Waals surface area contributed by atoms with Crippen LogP contribution in [0.1, 0.15) is 111 Å². The van der Waals surface area contributed by atoms with Gasteiger partial charge in [-0.15, -0.1) is 0 Å². The molecule has 19 N–H and O–H groups in total. The van der Waals surface area contributed by atoms with Crippen molar-refractivity contribution in [3.8, 4) is 5.75 Å². The van der Waals surface area contributed by atoms with Crippen molar-refractivity contribution in [2.45, 2.75) is 167 Å². The number of aliphatic carboxylic acids is 4. The first-order valence-corrected chi connectivity index (χ1v) is 24.3. The first-order valence-electron chi connectivity index (χ1n) is 24.3. The van der Waals surface area contributed by atoms with E-state index in [0.29, 0.717) is 5.56 Å². The summed E-state index contributed by atoms with van der Waals surface area (Å²) in [6.45, 7) is 10.2. The van der Waals surface area contributed by atoms with Crippen molar-refractivity contribution in [2.24, 2.45) is 35.0 Å². The summed E-state index contributed by atoms with van der Waals surface area (Å²) < 4.78 is 0. The van der Waals surface area contributed by atoms with Crippen LogP contribution in [-0.2, 0) is 59.2 Å². The van der Waals surface area contributed by atoms with Gasteiger partial charge in [0, 0.05) is 19.3 Å². The van der Waals surface area contributed by atoms with Gasteiger partial charge in [-0.1, -0.05) is 60.1 Å². The van der Waals surface area contributed by atoms with Crippen LogP contribution in [0.5, 0.6) is 5.75 Å². The fraction of sp³-hybridized carbons (Fsp3) is 0.638. The minimum atomic E-state index is -1.79. The minimum absolute atomic E-state index is 0.0489. The number of carboxylic acid groups (broad SMARTS) is 4. The molecule has 0 radical (unpaired) electrons. The first kappa shape index (κ1) is 65.0. The molecule has 0 heterocycles. The van der Waals surface area contributed by atoms with Gasteiger partial charge in [0.2, 0.25) is 41.4 Å². The molecule has 0 spiro atoms. The third-order valence-electron chi connectivity index (χ3n) is 11.6. The predicted octanol–water partition coefficient (Wildman–Crippen LogP) is -2.35. The summed E-state index contributed by atoms with van der Waals surface area (Å²) in [6.07, 6.45) is -4.42. The molecule has 0 aliphatic carbocycles. The zero-order valence-electron chi connectivity index (χ0n) is 42.7. The molecule has 0 aliphatic heterocycles. The van der Waals surface area contributed by atoms with Crippen LogP contribution in [0.3, 0.4) is 0 Å². The van der Waals surface area contributed by atoms with Crippen molar-refractivity contribution in [1.29, 1.82) is 0 Å². The minimum Gasteiger partial charge on any atom is -0.508 e. The topological polar surface area (TPSA) is 463 Å². The highest BCUT2D eigenvalue weighted by Crippen LogP contribution is 2.15. The number of aromatic hydroxyl groups is 1. The standard InChI is InChI=1S/C47H77N11O16/c1-7-25(6)38(45(72)55-29(9-8-20-51-47(49)50)42(69)57-37(24(4)5)44(71)56-33(46(73)74)21-23(2)3)58-43(70)32(16-19-36(64)65)54-41(68)31(15-18-35(62)63)53-40(67)30(14-17-34(60)61)52-39(66)28(48)22-26-10-12-27(59)13-11-26/h10-13,23-25,28-33,37-38,47,51,59H,7-9,14-22,48-50H2,1-6H3,(H,52,66)(H,53,67)(H,54,68)(H,55,72)(H,56,71)(H,57,69)(H,58,70)(H,60,61)(H,62,63)(H,64,65)(H,73,74). The molecular weight excluding hydrogens is 975 g/mol. The first-order chi connectivity index (χ1) is 34.6. The lowest BCUT2D eigenvalue weighted by atomic mass is 9.96. The van der Waals surface area contributed by atoms with Crippen molar-refractivity contribution in [3.05, 3.63) is 29.8 Å². The third kappa shape index (κ3) is 25.1. The molecule has 0 bridgehead atoms. The van der Waals surface area contributed by atoms with E-state index in [1.54, 1.807) is 41.5 Å². The monoisotopic (exact) mass is 1050 g/mol. The van der Waals surface area contributed by atoms with Crippen LogP contribution >= 0.6 is 0 Å². The Balaban J connectivity index is 3.53. The number of carbonyl (C=O) groups excluding carboxylic acids is 7. The lowest BCUT2D eigenvalue weighted by Crippen LogP contribution is -2.61. The number of rotatable bonds is 36. The lowest BCUT2D eigenvalue weighted by Gasteiger charge is -2.30. The molecule has 27 heteroatoms. The second-order valence-electron chi connectivity index (χ2n) is 18.8. The van der Waals surface area contributed by atoms with Crippen LogP contribution < -0.4 is 59.7 Å². The second kappa shape index (κ2) is 33.0. The summed E-state index contributed by atoms with van der Waals surface area (Å²) in [5.74, 6) is -13.8. The molecule has 9 unspecified atom stereocenters. The molecule has 0 saturated carbocycles. The summed E-state index contributed by atoms with van der Waals surface area (Å²) in [5.41, 5.74) is 17.8. The van der Waals surface area contributed by atoms with E-state index in [4.69, 9.17) is 17.2 Å². The fourth-order valence-corrected chi connectivity index (χ4v) is 7.22. The van der Waals surface area contributed by atoms with E-state index in [0.717, 1.165) is 0 Å². The molecule has 9 atom stereocenters. The molecule has 416 valence electrons. The van der Waals surface area contributed by atoms with Crippen LogP contribution in [0, 0.1) is 17.8 Å². The fourth-order valence-electron chi connectivity index (χ4n) is 7.22. The normalized spacial score (nSPS) is 14.9. The Bertz CT molecular complexity index is 2070. The van der Waals surface area contributed by atoms with Crippen molar-refractivity contribution in [1.82, 2.24) is 42.5 Å². The van der Waals surface area contributed by atoms with Gasteiger partial charge < -0.3 is 80.0 Å². The van der Waals surface area contributed by atoms with Crippen molar-refractivity contribution in [3.63, 3.8) is 0 Å². The number of hydrogen-bond donors (Lipinski definition) is 16. The van der Waals surface area contributed by atoms with E-state index in [2.05, 4.69) is 42.5 Å². The summed E-state index contributed by atoms with van der Waals surface area (Å²) >= 11 is 0. The number of nitrogens with one attached hydrogen (secondary N) is 8. The number of phenolic OH excluding ortho intramolecular Hbond substituents is 1. The van der Waals surface area contributed by atoms with Crippen LogP contribution in [0.25, 0.3) is 0 Å². The van der Waals surface area contributed by atoms with Crippen LogP contribution in [0.15, 0.2) is 24.3 Å². The van der Waals surface area contributed by atoms with Gasteiger partial charge in [-0.3, -0.25) is 53.3 Å². The second-order valence-corrected chi connectivity index (χ2v) is 18.8. The molecular formula is C47H77N11O16. The third-order valence-corrected chi connectivity index (χ3v) is 11.6. The molecule has 0 aliphatic rings. The molecule has 7 amide bonds. The van der Waals surface area contributed by atoms with Gasteiger partial charge in [0.05, 0.1) is 6.04 Å². The maximum Gasteiger partial charge on any atom is 0.326 e. The average Bonchev–Trinajstić information content (AvgIpc) is 3.31. The van der Waals surface area contributed by atoms with E-state index in [9.17, 15) is 78.3 Å². The van der Waals surface area contributed by atoms with Gasteiger partial charge in [-0.25, -0.2) is 4.79 Å². The maximum atomic E-state index is 14.2. The molecule has 1 rings (SSSR count). The smallest absolute Gasteiger partial charge is 0.326 e. The van der Waals surface area contributed by atoms with E-state index in [1.165, 1.54) is 24.3 Å². The van der Waals surface area contributed by atoms with E-state index in [-0.39, 0.29) is 50.3 Å². The zero-order valence-corrected chi connectivity index (χ0v) is 42.7. The van der Waals surface area contributed by atoms with E-state index in [1.807, 2.05) is 0 Å².